The van der Waals surface area contributed by atoms with Crippen LogP contribution in [0.1, 0.15) is 28.9 Å². The van der Waals surface area contributed by atoms with E-state index in [0.717, 1.165) is 16.3 Å². The van der Waals surface area contributed by atoms with Crippen molar-refractivity contribution in [3.63, 3.8) is 0 Å². The molecular weight excluding hydrogens is 347 g/mol. The third-order valence-electron chi connectivity index (χ3n) is 5.14. The summed E-state index contributed by atoms with van der Waals surface area (Å²) in [7, 11) is 0. The summed E-state index contributed by atoms with van der Waals surface area (Å²) in [5.74, 6) is -0.212. The Bertz CT molecular complexity index is 985. The quantitative estimate of drug-likeness (QED) is 0.569. The van der Waals surface area contributed by atoms with Gasteiger partial charge in [-0.1, -0.05) is 72.3 Å². The van der Waals surface area contributed by atoms with Crippen molar-refractivity contribution in [3.05, 3.63) is 106 Å². The van der Waals surface area contributed by atoms with E-state index in [0.29, 0.717) is 5.56 Å². The third-order valence-corrected chi connectivity index (χ3v) is 5.39. The molecule has 2 aliphatic rings. The van der Waals surface area contributed by atoms with E-state index in [1.165, 1.54) is 11.6 Å². The van der Waals surface area contributed by atoms with Gasteiger partial charge in [-0.2, -0.15) is 0 Å². The standard InChI is InChI=1S/C22H16ClFN2/c23-16-12-10-15(11-13-16)20-21-19(14-6-2-1-3-7-14)25-22(26(20)21)17-8-4-5-9-18(17)24/h1-13,20-22H/t20-,21-,22-,26?/m1/s1. The maximum atomic E-state index is 14.4. The molecule has 5 rings (SSSR count). The Morgan fingerprint density at radius 2 is 1.50 bits per heavy atom. The molecule has 0 amide bonds. The molecule has 4 atom stereocenters. The fourth-order valence-electron chi connectivity index (χ4n) is 3.90. The number of hydrogen-bond acceptors (Lipinski definition) is 2. The van der Waals surface area contributed by atoms with Gasteiger partial charge in [-0.3, -0.25) is 9.89 Å². The average molecular weight is 363 g/mol. The molecule has 128 valence electrons. The first-order valence-corrected chi connectivity index (χ1v) is 9.02. The maximum Gasteiger partial charge on any atom is 0.132 e. The maximum absolute atomic E-state index is 14.4. The molecule has 26 heavy (non-hydrogen) atoms. The minimum Gasteiger partial charge on any atom is -0.263 e. The Labute approximate surface area is 156 Å². The van der Waals surface area contributed by atoms with Gasteiger partial charge in [0, 0.05) is 10.6 Å². The number of aliphatic imine (C=N–C) groups is 1. The molecule has 0 spiro atoms. The summed E-state index contributed by atoms with van der Waals surface area (Å²) in [4.78, 5) is 7.16. The second kappa shape index (κ2) is 6.04. The lowest BCUT2D eigenvalue weighted by molar-refractivity contribution is 0.390. The Balaban J connectivity index is 1.58. The van der Waals surface area contributed by atoms with Crippen LogP contribution >= 0.6 is 11.6 Å². The second-order valence-corrected chi connectivity index (χ2v) is 7.10. The zero-order valence-electron chi connectivity index (χ0n) is 13.9. The highest BCUT2D eigenvalue weighted by Crippen LogP contribution is 2.56. The van der Waals surface area contributed by atoms with E-state index in [9.17, 15) is 4.39 Å². The van der Waals surface area contributed by atoms with Crippen LogP contribution in [0.3, 0.4) is 0 Å². The molecule has 0 radical (unpaired) electrons. The molecule has 0 aliphatic carbocycles. The van der Waals surface area contributed by atoms with Gasteiger partial charge in [-0.25, -0.2) is 4.39 Å². The van der Waals surface area contributed by atoms with Crippen LogP contribution in [-0.4, -0.2) is 16.7 Å². The van der Waals surface area contributed by atoms with E-state index in [1.54, 1.807) is 6.07 Å². The molecule has 0 N–H and O–H groups in total. The van der Waals surface area contributed by atoms with E-state index in [1.807, 2.05) is 54.6 Å². The molecule has 3 aromatic carbocycles. The van der Waals surface area contributed by atoms with Crippen molar-refractivity contribution in [2.24, 2.45) is 4.99 Å². The molecule has 4 heteroatoms. The Morgan fingerprint density at radius 3 is 2.23 bits per heavy atom. The first-order chi connectivity index (χ1) is 12.7. The van der Waals surface area contributed by atoms with Gasteiger partial charge in [0.25, 0.3) is 0 Å². The summed E-state index contributed by atoms with van der Waals surface area (Å²) in [6, 6.07) is 25.3. The molecule has 2 nitrogen and oxygen atoms in total. The Hall–Kier alpha value is -2.49. The summed E-state index contributed by atoms with van der Waals surface area (Å²) >= 11 is 6.04. The largest absolute Gasteiger partial charge is 0.263 e. The lowest BCUT2D eigenvalue weighted by atomic mass is 10.0. The van der Waals surface area contributed by atoms with Gasteiger partial charge in [0.2, 0.25) is 0 Å². The summed E-state index contributed by atoms with van der Waals surface area (Å²) in [6.07, 6.45) is -0.294. The lowest BCUT2D eigenvalue weighted by Gasteiger charge is -2.15. The van der Waals surface area contributed by atoms with Crippen LogP contribution in [0.5, 0.6) is 0 Å². The number of hydrogen-bond donors (Lipinski definition) is 0. The van der Waals surface area contributed by atoms with Crippen molar-refractivity contribution in [1.29, 1.82) is 0 Å². The highest BCUT2D eigenvalue weighted by Gasteiger charge is 2.59. The molecule has 1 unspecified atom stereocenters. The van der Waals surface area contributed by atoms with E-state index in [2.05, 4.69) is 17.0 Å². The minimum atomic E-state index is -0.294. The van der Waals surface area contributed by atoms with Crippen LogP contribution < -0.4 is 0 Å². The zero-order chi connectivity index (χ0) is 17.7. The van der Waals surface area contributed by atoms with Gasteiger partial charge in [0.05, 0.1) is 17.8 Å². The van der Waals surface area contributed by atoms with Crippen molar-refractivity contribution < 1.29 is 4.39 Å². The summed E-state index contributed by atoms with van der Waals surface area (Å²) < 4.78 is 14.4. The molecule has 2 heterocycles. The van der Waals surface area contributed by atoms with Crippen LogP contribution in [0.25, 0.3) is 0 Å². The average Bonchev–Trinajstić information content (AvgIpc) is 3.28. The van der Waals surface area contributed by atoms with Crippen LogP contribution in [-0.2, 0) is 0 Å². The van der Waals surface area contributed by atoms with Crippen molar-refractivity contribution in [2.75, 3.05) is 0 Å². The van der Waals surface area contributed by atoms with Crippen LogP contribution in [0.4, 0.5) is 4.39 Å². The minimum absolute atomic E-state index is 0.170. The lowest BCUT2D eigenvalue weighted by Crippen LogP contribution is -2.09. The molecule has 2 aliphatic heterocycles. The number of rotatable bonds is 3. The predicted octanol–water partition coefficient (Wildman–Crippen LogP) is 5.41. The van der Waals surface area contributed by atoms with Gasteiger partial charge in [0.1, 0.15) is 12.0 Å². The van der Waals surface area contributed by atoms with Gasteiger partial charge in [0.15, 0.2) is 0 Å². The molecule has 3 aromatic rings. The first-order valence-electron chi connectivity index (χ1n) is 8.64. The predicted molar refractivity (Wildman–Crippen MR) is 102 cm³/mol. The van der Waals surface area contributed by atoms with E-state index < -0.39 is 0 Å². The fraction of sp³-hybridized carbons (Fsp3) is 0.136. The van der Waals surface area contributed by atoms with E-state index in [-0.39, 0.29) is 24.1 Å². The first kappa shape index (κ1) is 15.7. The molecule has 1 fully saturated rings. The van der Waals surface area contributed by atoms with Gasteiger partial charge < -0.3 is 0 Å². The van der Waals surface area contributed by atoms with Crippen molar-refractivity contribution >= 4 is 17.3 Å². The zero-order valence-corrected chi connectivity index (χ0v) is 14.6. The highest BCUT2D eigenvalue weighted by molar-refractivity contribution is 6.30. The van der Waals surface area contributed by atoms with E-state index in [4.69, 9.17) is 16.6 Å². The summed E-state index contributed by atoms with van der Waals surface area (Å²) in [6.45, 7) is 0. The Kier molecular flexibility index (Phi) is 3.66. The van der Waals surface area contributed by atoms with Gasteiger partial charge in [-0.05, 0) is 29.3 Å². The highest BCUT2D eigenvalue weighted by atomic mass is 35.5. The number of benzene rings is 3. The molecule has 1 saturated heterocycles. The number of nitrogens with zero attached hydrogens (tertiary/aromatic N) is 2. The number of halogens is 2. The van der Waals surface area contributed by atoms with Crippen LogP contribution in [0, 0.1) is 5.82 Å². The van der Waals surface area contributed by atoms with Crippen molar-refractivity contribution in [1.82, 2.24) is 4.90 Å². The summed E-state index contributed by atoms with van der Waals surface area (Å²) in [5.41, 5.74) is 3.93. The molecule has 0 saturated carbocycles. The molecule has 0 bridgehead atoms. The monoisotopic (exact) mass is 362 g/mol. The Morgan fingerprint density at radius 1 is 0.808 bits per heavy atom. The second-order valence-electron chi connectivity index (χ2n) is 6.66. The third kappa shape index (κ3) is 2.47. The number of fused-ring (bicyclic) bond motifs is 1. The van der Waals surface area contributed by atoms with Crippen molar-refractivity contribution in [2.45, 2.75) is 18.2 Å². The van der Waals surface area contributed by atoms with Crippen LogP contribution in [0.15, 0.2) is 83.9 Å². The molecular formula is C22H16ClFN2. The summed E-state index contributed by atoms with van der Waals surface area (Å²) in [5, 5.41) is 0.720. The van der Waals surface area contributed by atoms with Gasteiger partial charge in [-0.15, -0.1) is 0 Å². The fourth-order valence-corrected chi connectivity index (χ4v) is 4.03. The smallest absolute Gasteiger partial charge is 0.132 e. The normalized spacial score (nSPS) is 26.3. The van der Waals surface area contributed by atoms with Crippen LogP contribution in [0.2, 0.25) is 5.02 Å². The SMILES string of the molecule is Fc1ccccc1[C@@H]1N=C(c2ccccc2)[C@@H]2[C@@H](c3ccc(Cl)cc3)N21. The van der Waals surface area contributed by atoms with Crippen molar-refractivity contribution in [3.8, 4) is 0 Å². The van der Waals surface area contributed by atoms with E-state index >= 15 is 0 Å². The molecule has 0 aromatic heterocycles. The topological polar surface area (TPSA) is 15.4 Å². The van der Waals surface area contributed by atoms with Gasteiger partial charge >= 0.3 is 0 Å².